The third-order valence-corrected chi connectivity index (χ3v) is 3.70. The Labute approximate surface area is 133 Å². The Morgan fingerprint density at radius 1 is 1.16 bits per heavy atom. The van der Waals surface area contributed by atoms with Crippen molar-refractivity contribution < 1.29 is 9.53 Å². The van der Waals surface area contributed by atoms with E-state index in [9.17, 15) is 4.79 Å². The van der Waals surface area contributed by atoms with Gasteiger partial charge < -0.3 is 10.1 Å². The molecule has 19 heavy (non-hydrogen) atoms. The van der Waals surface area contributed by atoms with Gasteiger partial charge in [-0.2, -0.15) is 0 Å². The molecule has 0 spiro atoms. The van der Waals surface area contributed by atoms with Crippen molar-refractivity contribution in [1.82, 2.24) is 0 Å². The summed E-state index contributed by atoms with van der Waals surface area (Å²) in [5.41, 5.74) is 0.765. The molecule has 0 fully saturated rings. The molecule has 0 heterocycles. The summed E-state index contributed by atoms with van der Waals surface area (Å²) in [4.78, 5) is 11.7. The second-order valence-electron chi connectivity index (χ2n) is 3.77. The van der Waals surface area contributed by atoms with Crippen molar-refractivity contribution in [3.63, 3.8) is 0 Å². The van der Waals surface area contributed by atoms with Crippen molar-refractivity contribution in [2.24, 2.45) is 0 Å². The molecule has 0 bridgehead atoms. The van der Waals surface area contributed by atoms with E-state index >= 15 is 0 Å². The maximum Gasteiger partial charge on any atom is 0.262 e. The lowest BCUT2D eigenvalue weighted by Crippen LogP contribution is -2.20. The molecule has 0 aliphatic rings. The van der Waals surface area contributed by atoms with Gasteiger partial charge in [-0.25, -0.2) is 0 Å². The van der Waals surface area contributed by atoms with E-state index in [0.29, 0.717) is 5.75 Å². The minimum atomic E-state index is -0.183. The van der Waals surface area contributed by atoms with Gasteiger partial charge in [-0.05, 0) is 74.9 Å². The van der Waals surface area contributed by atoms with Crippen LogP contribution in [0.25, 0.3) is 0 Å². The van der Waals surface area contributed by atoms with Crippen LogP contribution < -0.4 is 10.1 Å². The van der Waals surface area contributed by atoms with Crippen molar-refractivity contribution in [2.45, 2.75) is 0 Å². The Hall–Kier alpha value is -1.08. The fourth-order valence-corrected chi connectivity index (χ4v) is 2.19. The van der Waals surface area contributed by atoms with Crippen LogP contribution in [0.4, 0.5) is 5.69 Å². The number of hydrogen-bond donors (Lipinski definition) is 1. The van der Waals surface area contributed by atoms with Crippen LogP contribution in [-0.4, -0.2) is 12.5 Å². The van der Waals surface area contributed by atoms with Crippen LogP contribution in [0, 0.1) is 3.57 Å². The van der Waals surface area contributed by atoms with E-state index in [-0.39, 0.29) is 12.5 Å². The van der Waals surface area contributed by atoms with Crippen molar-refractivity contribution in [3.8, 4) is 5.75 Å². The Balaban J connectivity index is 1.88. The van der Waals surface area contributed by atoms with E-state index in [1.54, 1.807) is 0 Å². The van der Waals surface area contributed by atoms with Crippen molar-refractivity contribution >= 4 is 50.1 Å². The lowest BCUT2D eigenvalue weighted by Gasteiger charge is -2.08. The Kier molecular flexibility index (Phi) is 5.21. The molecule has 0 aromatic heterocycles. The lowest BCUT2D eigenvalue weighted by molar-refractivity contribution is -0.118. The van der Waals surface area contributed by atoms with Gasteiger partial charge in [0, 0.05) is 9.26 Å². The van der Waals surface area contributed by atoms with Crippen LogP contribution in [0.5, 0.6) is 5.75 Å². The topological polar surface area (TPSA) is 38.3 Å². The van der Waals surface area contributed by atoms with Crippen LogP contribution in [0.3, 0.4) is 0 Å². The summed E-state index contributed by atoms with van der Waals surface area (Å²) >= 11 is 5.58. The highest BCUT2D eigenvalue weighted by molar-refractivity contribution is 14.1. The molecule has 2 rings (SSSR count). The Morgan fingerprint density at radius 3 is 2.53 bits per heavy atom. The van der Waals surface area contributed by atoms with E-state index in [4.69, 9.17) is 4.74 Å². The van der Waals surface area contributed by atoms with Gasteiger partial charge in [0.25, 0.3) is 5.91 Å². The summed E-state index contributed by atoms with van der Waals surface area (Å²) in [7, 11) is 0. The number of ether oxygens (including phenoxy) is 1. The lowest BCUT2D eigenvalue weighted by atomic mass is 10.3. The molecular formula is C14H11BrINO2. The van der Waals surface area contributed by atoms with Gasteiger partial charge in [0.05, 0.1) is 4.47 Å². The number of amides is 1. The molecule has 3 nitrogen and oxygen atoms in total. The number of rotatable bonds is 4. The van der Waals surface area contributed by atoms with Crippen LogP contribution in [-0.2, 0) is 4.79 Å². The monoisotopic (exact) mass is 431 g/mol. The van der Waals surface area contributed by atoms with Crippen LogP contribution in [0.15, 0.2) is 53.0 Å². The standard InChI is InChI=1S/C14H11BrINO2/c15-12-3-1-2-4-13(12)19-9-14(18)17-11-7-5-10(16)6-8-11/h1-8H,9H2,(H,17,18). The highest BCUT2D eigenvalue weighted by Gasteiger charge is 2.05. The van der Waals surface area contributed by atoms with Gasteiger partial charge in [-0.1, -0.05) is 12.1 Å². The molecule has 0 unspecified atom stereocenters. The number of carbonyl (C=O) groups is 1. The Morgan fingerprint density at radius 2 is 1.84 bits per heavy atom. The molecule has 0 aliphatic heterocycles. The quantitative estimate of drug-likeness (QED) is 0.741. The highest BCUT2D eigenvalue weighted by atomic mass is 127. The molecular weight excluding hydrogens is 421 g/mol. The van der Waals surface area contributed by atoms with Gasteiger partial charge in [-0.3, -0.25) is 4.79 Å². The molecule has 0 radical (unpaired) electrons. The first-order chi connectivity index (χ1) is 9.15. The number of halogens is 2. The number of nitrogens with one attached hydrogen (secondary N) is 1. The zero-order chi connectivity index (χ0) is 13.7. The SMILES string of the molecule is O=C(COc1ccccc1Br)Nc1ccc(I)cc1. The predicted octanol–water partition coefficient (Wildman–Crippen LogP) is 4.07. The predicted molar refractivity (Wildman–Crippen MR) is 87.4 cm³/mol. The number of carbonyl (C=O) groups excluding carboxylic acids is 1. The Bertz CT molecular complexity index is 572. The minimum Gasteiger partial charge on any atom is -0.483 e. The average Bonchev–Trinajstić information content (AvgIpc) is 2.40. The number of para-hydroxylation sites is 1. The highest BCUT2D eigenvalue weighted by Crippen LogP contribution is 2.23. The van der Waals surface area contributed by atoms with E-state index in [1.807, 2.05) is 48.5 Å². The summed E-state index contributed by atoms with van der Waals surface area (Å²) in [6.45, 7) is -0.0192. The minimum absolute atomic E-state index is 0.0192. The summed E-state index contributed by atoms with van der Waals surface area (Å²) in [6.07, 6.45) is 0. The first kappa shape index (κ1) is 14.3. The van der Waals surface area contributed by atoms with E-state index in [2.05, 4.69) is 43.8 Å². The van der Waals surface area contributed by atoms with Crippen LogP contribution in [0.2, 0.25) is 0 Å². The normalized spacial score (nSPS) is 10.0. The van der Waals surface area contributed by atoms with Gasteiger partial charge in [-0.15, -0.1) is 0 Å². The molecule has 5 heteroatoms. The molecule has 0 atom stereocenters. The summed E-state index contributed by atoms with van der Waals surface area (Å²) in [5, 5.41) is 2.78. The van der Waals surface area contributed by atoms with Gasteiger partial charge in [0.2, 0.25) is 0 Å². The van der Waals surface area contributed by atoms with Crippen molar-refractivity contribution in [2.75, 3.05) is 11.9 Å². The molecule has 2 aromatic carbocycles. The van der Waals surface area contributed by atoms with E-state index in [0.717, 1.165) is 13.7 Å². The maximum absolute atomic E-state index is 11.7. The fourth-order valence-electron chi connectivity index (χ4n) is 1.44. The van der Waals surface area contributed by atoms with Gasteiger partial charge >= 0.3 is 0 Å². The van der Waals surface area contributed by atoms with Gasteiger partial charge in [0.1, 0.15) is 5.75 Å². The second kappa shape index (κ2) is 6.91. The smallest absolute Gasteiger partial charge is 0.262 e. The summed E-state index contributed by atoms with van der Waals surface area (Å²) < 4.78 is 7.39. The largest absolute Gasteiger partial charge is 0.483 e. The summed E-state index contributed by atoms with van der Waals surface area (Å²) in [6, 6.07) is 15.0. The number of hydrogen-bond acceptors (Lipinski definition) is 2. The number of benzene rings is 2. The number of anilines is 1. The molecule has 0 saturated heterocycles. The summed E-state index contributed by atoms with van der Waals surface area (Å²) in [5.74, 6) is 0.470. The van der Waals surface area contributed by atoms with Gasteiger partial charge in [0.15, 0.2) is 6.61 Å². The molecule has 1 amide bonds. The van der Waals surface area contributed by atoms with Crippen LogP contribution >= 0.6 is 38.5 Å². The first-order valence-corrected chi connectivity index (χ1v) is 7.45. The molecule has 0 saturated carbocycles. The fraction of sp³-hybridized carbons (Fsp3) is 0.0714. The first-order valence-electron chi connectivity index (χ1n) is 5.58. The van der Waals surface area contributed by atoms with Crippen molar-refractivity contribution in [1.29, 1.82) is 0 Å². The van der Waals surface area contributed by atoms with E-state index < -0.39 is 0 Å². The maximum atomic E-state index is 11.7. The second-order valence-corrected chi connectivity index (χ2v) is 5.87. The molecule has 2 aromatic rings. The molecule has 1 N–H and O–H groups in total. The molecule has 0 aliphatic carbocycles. The van der Waals surface area contributed by atoms with Crippen LogP contribution in [0.1, 0.15) is 0 Å². The van der Waals surface area contributed by atoms with Crippen molar-refractivity contribution in [3.05, 3.63) is 56.6 Å². The zero-order valence-corrected chi connectivity index (χ0v) is 13.6. The molecule has 98 valence electrons. The third-order valence-electron chi connectivity index (χ3n) is 2.32. The third kappa shape index (κ3) is 4.50. The average molecular weight is 432 g/mol. The zero-order valence-electron chi connectivity index (χ0n) is 9.90. The van der Waals surface area contributed by atoms with E-state index in [1.165, 1.54) is 0 Å².